The first kappa shape index (κ1) is 27.1. The van der Waals surface area contributed by atoms with Gasteiger partial charge in [-0.3, -0.25) is 19.1 Å². The van der Waals surface area contributed by atoms with Crippen LogP contribution in [0.4, 0.5) is 24.7 Å². The summed E-state index contributed by atoms with van der Waals surface area (Å²) in [6.07, 6.45) is 2.86. The molecule has 5 N–H and O–H groups in total. The number of piperidine rings is 1. The van der Waals surface area contributed by atoms with E-state index in [4.69, 9.17) is 5.73 Å². The molecule has 5 rings (SSSR count). The van der Waals surface area contributed by atoms with Crippen LogP contribution in [-0.2, 0) is 17.4 Å². The molecule has 0 spiro atoms. The van der Waals surface area contributed by atoms with Gasteiger partial charge in [-0.25, -0.2) is 9.97 Å². The molecule has 1 saturated heterocycles. The summed E-state index contributed by atoms with van der Waals surface area (Å²) in [5.74, 6) is -0.186. The van der Waals surface area contributed by atoms with E-state index in [0.717, 1.165) is 18.4 Å². The number of anilines is 2. The maximum atomic E-state index is 13.4. The van der Waals surface area contributed by atoms with Crippen LogP contribution in [0.15, 0.2) is 43.0 Å². The number of carbonyl (C=O) groups excluding carboxylic acids is 2. The Hall–Kier alpha value is -4.46. The van der Waals surface area contributed by atoms with E-state index < -0.39 is 11.9 Å². The third kappa shape index (κ3) is 5.47. The van der Waals surface area contributed by atoms with Gasteiger partial charge in [0, 0.05) is 49.0 Å². The molecule has 0 atom stereocenters. The number of hydrogen-bond donors (Lipinski definition) is 4. The lowest BCUT2D eigenvalue weighted by molar-refractivity contribution is -0.140. The van der Waals surface area contributed by atoms with E-state index in [0.29, 0.717) is 42.2 Å². The van der Waals surface area contributed by atoms with Gasteiger partial charge in [0.2, 0.25) is 5.91 Å². The zero-order valence-electron chi connectivity index (χ0n) is 21.6. The van der Waals surface area contributed by atoms with Gasteiger partial charge in [-0.05, 0) is 43.0 Å². The van der Waals surface area contributed by atoms with Crippen LogP contribution < -0.4 is 16.4 Å². The first-order chi connectivity index (χ1) is 19.2. The number of halogens is 3. The fourth-order valence-electron chi connectivity index (χ4n) is 4.74. The highest BCUT2D eigenvalue weighted by atomic mass is 19.4. The lowest BCUT2D eigenvalue weighted by atomic mass is 10.0. The number of fused-ring (bicyclic) bond motifs is 1. The van der Waals surface area contributed by atoms with Crippen LogP contribution in [-0.4, -0.2) is 67.0 Å². The van der Waals surface area contributed by atoms with Crippen molar-refractivity contribution < 1.29 is 22.8 Å². The van der Waals surface area contributed by atoms with Crippen LogP contribution in [0.2, 0.25) is 0 Å². The number of likely N-dealkylation sites (tertiary alicyclic amines) is 1. The third-order valence-corrected chi connectivity index (χ3v) is 6.90. The van der Waals surface area contributed by atoms with Crippen molar-refractivity contribution in [2.75, 3.05) is 25.0 Å². The summed E-state index contributed by atoms with van der Waals surface area (Å²) in [7, 11) is 0. The molecule has 1 fully saturated rings. The fraction of sp³-hybridized carbons (Fsp3) is 0.346. The second-order valence-electron chi connectivity index (χ2n) is 9.51. The van der Waals surface area contributed by atoms with Crippen molar-refractivity contribution in [3.8, 4) is 11.3 Å². The van der Waals surface area contributed by atoms with E-state index >= 15 is 0 Å². The Labute approximate surface area is 227 Å². The average molecular weight is 556 g/mol. The summed E-state index contributed by atoms with van der Waals surface area (Å²) >= 11 is 0. The van der Waals surface area contributed by atoms with Crippen LogP contribution in [0.5, 0.6) is 0 Å². The van der Waals surface area contributed by atoms with E-state index in [9.17, 15) is 22.8 Å². The number of alkyl halides is 3. The number of rotatable bonds is 7. The van der Waals surface area contributed by atoms with E-state index in [2.05, 4.69) is 30.8 Å². The minimum atomic E-state index is -4.63. The minimum absolute atomic E-state index is 0.0991. The van der Waals surface area contributed by atoms with Crippen molar-refractivity contribution in [3.05, 3.63) is 59.8 Å². The number of aromatic nitrogens is 5. The Balaban J connectivity index is 1.32. The molecule has 4 aromatic rings. The van der Waals surface area contributed by atoms with E-state index in [1.807, 2.05) is 6.92 Å². The minimum Gasteiger partial charge on any atom is -0.343 e. The molecule has 1 aliphatic rings. The van der Waals surface area contributed by atoms with E-state index in [1.54, 1.807) is 23.1 Å². The van der Waals surface area contributed by atoms with Crippen LogP contribution >= 0.6 is 0 Å². The van der Waals surface area contributed by atoms with Crippen molar-refractivity contribution in [3.63, 3.8) is 0 Å². The highest BCUT2D eigenvalue weighted by Crippen LogP contribution is 2.36. The third-order valence-electron chi connectivity index (χ3n) is 6.90. The maximum Gasteiger partial charge on any atom is 0.435 e. The largest absolute Gasteiger partial charge is 0.435 e. The van der Waals surface area contributed by atoms with Gasteiger partial charge < -0.3 is 21.3 Å². The number of aromatic amines is 1. The Kier molecular flexibility index (Phi) is 7.43. The van der Waals surface area contributed by atoms with Crippen LogP contribution in [0.25, 0.3) is 16.9 Å². The smallest absolute Gasteiger partial charge is 0.343 e. The Bertz CT molecular complexity index is 1540. The Morgan fingerprint density at radius 2 is 1.98 bits per heavy atom. The quantitative estimate of drug-likeness (QED) is 0.274. The van der Waals surface area contributed by atoms with Gasteiger partial charge in [-0.2, -0.15) is 18.3 Å². The average Bonchev–Trinajstić information content (AvgIpc) is 3.60. The normalized spacial score (nSPS) is 14.5. The molecular formula is C26H28F3N9O2. The predicted molar refractivity (Wildman–Crippen MR) is 141 cm³/mol. The van der Waals surface area contributed by atoms with Crippen LogP contribution in [0.1, 0.15) is 41.4 Å². The van der Waals surface area contributed by atoms with E-state index in [1.165, 1.54) is 29.2 Å². The summed E-state index contributed by atoms with van der Waals surface area (Å²) in [5, 5.41) is 11.5. The molecule has 1 aliphatic heterocycles. The van der Waals surface area contributed by atoms with Crippen LogP contribution in [0.3, 0.4) is 0 Å². The number of nitrogens with one attached hydrogen (secondary N) is 3. The highest BCUT2D eigenvalue weighted by Gasteiger charge is 2.37. The number of H-pyrrole nitrogens is 1. The van der Waals surface area contributed by atoms with Gasteiger partial charge in [0.05, 0.1) is 24.0 Å². The van der Waals surface area contributed by atoms with Gasteiger partial charge in [-0.15, -0.1) is 0 Å². The van der Waals surface area contributed by atoms with Gasteiger partial charge in [0.15, 0.2) is 17.2 Å². The molecule has 0 saturated carbocycles. The Morgan fingerprint density at radius 3 is 2.70 bits per heavy atom. The first-order valence-corrected chi connectivity index (χ1v) is 12.8. The van der Waals surface area contributed by atoms with Crippen molar-refractivity contribution in [1.82, 2.24) is 34.8 Å². The molecule has 210 valence electrons. The predicted octanol–water partition coefficient (Wildman–Crippen LogP) is 3.12. The van der Waals surface area contributed by atoms with Crippen molar-refractivity contribution in [2.24, 2.45) is 5.73 Å². The molecule has 0 aliphatic carbocycles. The SMILES string of the molecule is CCc1cc(Nc2nccn3c(-c4c[nH]nc4C(F)(F)F)cnc23)ccc1C(=O)NCC(=O)N1CCC(N)CC1. The summed E-state index contributed by atoms with van der Waals surface area (Å²) in [4.78, 5) is 35.7. The van der Waals surface area contributed by atoms with Gasteiger partial charge >= 0.3 is 6.18 Å². The highest BCUT2D eigenvalue weighted by molar-refractivity contribution is 5.98. The number of benzene rings is 1. The molecule has 0 bridgehead atoms. The fourth-order valence-corrected chi connectivity index (χ4v) is 4.74. The zero-order chi connectivity index (χ0) is 28.4. The molecule has 4 heterocycles. The molecule has 11 nitrogen and oxygen atoms in total. The van der Waals surface area contributed by atoms with Gasteiger partial charge in [-0.1, -0.05) is 6.92 Å². The molecule has 3 aromatic heterocycles. The summed E-state index contributed by atoms with van der Waals surface area (Å²) in [6.45, 7) is 2.97. The topological polar surface area (TPSA) is 146 Å². The lowest BCUT2D eigenvalue weighted by Gasteiger charge is -2.30. The molecular weight excluding hydrogens is 527 g/mol. The standard InChI is InChI=1S/C26H28F3N9O2/c1-2-15-11-17(3-4-18(15)25(40)33-14-21(39)37-8-5-16(30)6-9-37)35-23-24-32-13-20(38(24)10-7-31-23)19-12-34-36-22(19)26(27,28)29/h3-4,7,10-13,16H,2,5-6,8-9,14,30H2,1H3,(H,31,35)(H,33,40)(H,34,36). The van der Waals surface area contributed by atoms with Crippen LogP contribution in [0, 0.1) is 0 Å². The van der Waals surface area contributed by atoms with Gasteiger partial charge in [0.1, 0.15) is 0 Å². The molecule has 40 heavy (non-hydrogen) atoms. The monoisotopic (exact) mass is 555 g/mol. The number of nitrogens with two attached hydrogens (primary N) is 1. The van der Waals surface area contributed by atoms with Crippen molar-refractivity contribution in [2.45, 2.75) is 38.4 Å². The number of carbonyl (C=O) groups is 2. The van der Waals surface area contributed by atoms with Crippen molar-refractivity contribution >= 4 is 29.0 Å². The lowest BCUT2D eigenvalue weighted by Crippen LogP contribution is -2.46. The second kappa shape index (κ2) is 11.0. The Morgan fingerprint density at radius 1 is 1.20 bits per heavy atom. The number of nitrogens with zero attached hydrogens (tertiary/aromatic N) is 5. The summed E-state index contributed by atoms with van der Waals surface area (Å²) in [5.41, 5.74) is 7.02. The summed E-state index contributed by atoms with van der Waals surface area (Å²) in [6, 6.07) is 5.23. The molecule has 14 heteroatoms. The van der Waals surface area contributed by atoms with Gasteiger partial charge in [0.25, 0.3) is 5.91 Å². The van der Waals surface area contributed by atoms with Crippen molar-refractivity contribution in [1.29, 1.82) is 0 Å². The first-order valence-electron chi connectivity index (χ1n) is 12.8. The number of aryl methyl sites for hydroxylation is 1. The molecule has 1 aromatic carbocycles. The summed E-state index contributed by atoms with van der Waals surface area (Å²) < 4.78 is 41.7. The molecule has 2 amide bonds. The number of amides is 2. The number of hydrogen-bond acceptors (Lipinski definition) is 7. The molecule has 0 radical (unpaired) electrons. The molecule has 0 unspecified atom stereocenters. The maximum absolute atomic E-state index is 13.4. The van der Waals surface area contributed by atoms with E-state index in [-0.39, 0.29) is 35.7 Å². The second-order valence-corrected chi connectivity index (χ2v) is 9.51. The zero-order valence-corrected chi connectivity index (χ0v) is 21.6. The number of imidazole rings is 1.